The molecule has 1 N–H and O–H groups in total. The van der Waals surface area contributed by atoms with Crippen molar-refractivity contribution in [2.45, 2.75) is 12.6 Å². The van der Waals surface area contributed by atoms with Crippen LogP contribution in [0.15, 0.2) is 12.1 Å². The van der Waals surface area contributed by atoms with Crippen LogP contribution >= 0.6 is 0 Å². The first-order valence-electron chi connectivity index (χ1n) is 4.83. The van der Waals surface area contributed by atoms with Crippen LogP contribution in [-0.4, -0.2) is 25.3 Å². The maximum absolute atomic E-state index is 12.8. The van der Waals surface area contributed by atoms with Crippen molar-refractivity contribution in [2.75, 3.05) is 14.2 Å². The van der Waals surface area contributed by atoms with Crippen molar-refractivity contribution >= 4 is 5.97 Å². The first-order valence-corrected chi connectivity index (χ1v) is 4.83. The minimum Gasteiger partial charge on any atom is -0.493 e. The van der Waals surface area contributed by atoms with Crippen LogP contribution in [0.2, 0.25) is 0 Å². The highest BCUT2D eigenvalue weighted by atomic mass is 19.4. The summed E-state index contributed by atoms with van der Waals surface area (Å²) >= 11 is 0. The van der Waals surface area contributed by atoms with Gasteiger partial charge in [-0.2, -0.15) is 13.2 Å². The largest absolute Gasteiger partial charge is 0.493 e. The number of benzene rings is 1. The molecule has 18 heavy (non-hydrogen) atoms. The third-order valence-corrected chi connectivity index (χ3v) is 2.20. The van der Waals surface area contributed by atoms with Gasteiger partial charge in [-0.3, -0.25) is 4.79 Å². The first kappa shape index (κ1) is 14.1. The summed E-state index contributed by atoms with van der Waals surface area (Å²) in [5.74, 6) is -1.84. The van der Waals surface area contributed by atoms with Gasteiger partial charge < -0.3 is 14.6 Å². The molecule has 0 spiro atoms. The Morgan fingerprint density at radius 1 is 1.28 bits per heavy atom. The highest BCUT2D eigenvalue weighted by Gasteiger charge is 2.36. The van der Waals surface area contributed by atoms with Crippen LogP contribution in [0.4, 0.5) is 13.2 Å². The molecule has 1 aromatic carbocycles. The van der Waals surface area contributed by atoms with Crippen molar-refractivity contribution in [3.05, 3.63) is 23.3 Å². The van der Waals surface area contributed by atoms with Crippen molar-refractivity contribution in [3.63, 3.8) is 0 Å². The van der Waals surface area contributed by atoms with Gasteiger partial charge in [0.15, 0.2) is 11.5 Å². The highest BCUT2D eigenvalue weighted by Crippen LogP contribution is 2.42. The quantitative estimate of drug-likeness (QED) is 0.906. The molecule has 0 unspecified atom stereocenters. The number of carboxylic acid groups (broad SMARTS) is 1. The molecule has 0 saturated heterocycles. The molecular formula is C11H11F3O4. The van der Waals surface area contributed by atoms with E-state index in [4.69, 9.17) is 9.84 Å². The molecule has 0 aliphatic heterocycles. The van der Waals surface area contributed by atoms with Gasteiger partial charge in [-0.25, -0.2) is 0 Å². The number of alkyl halides is 3. The van der Waals surface area contributed by atoms with Gasteiger partial charge in [0.25, 0.3) is 0 Å². The number of hydrogen-bond donors (Lipinski definition) is 1. The van der Waals surface area contributed by atoms with Crippen LogP contribution in [0.3, 0.4) is 0 Å². The third-order valence-electron chi connectivity index (χ3n) is 2.20. The molecule has 0 atom stereocenters. The molecular weight excluding hydrogens is 253 g/mol. The van der Waals surface area contributed by atoms with Crippen LogP contribution in [0, 0.1) is 0 Å². The zero-order valence-corrected chi connectivity index (χ0v) is 9.67. The van der Waals surface area contributed by atoms with E-state index in [0.29, 0.717) is 0 Å². The Bertz CT molecular complexity index is 454. The number of aliphatic carboxylic acids is 1. The maximum atomic E-state index is 12.8. The molecule has 0 aromatic heterocycles. The SMILES string of the molecule is COc1cc(CC(=O)O)cc(C(F)(F)F)c1OC. The fourth-order valence-corrected chi connectivity index (χ4v) is 1.51. The second-order valence-electron chi connectivity index (χ2n) is 3.45. The zero-order valence-electron chi connectivity index (χ0n) is 9.67. The number of methoxy groups -OCH3 is 2. The fourth-order valence-electron chi connectivity index (χ4n) is 1.51. The van der Waals surface area contributed by atoms with Crippen molar-refractivity contribution in [3.8, 4) is 11.5 Å². The lowest BCUT2D eigenvalue weighted by Crippen LogP contribution is -2.11. The summed E-state index contributed by atoms with van der Waals surface area (Å²) in [6.45, 7) is 0. The van der Waals surface area contributed by atoms with Gasteiger partial charge in [0, 0.05) is 0 Å². The molecule has 0 bridgehead atoms. The predicted molar refractivity (Wildman–Crippen MR) is 55.9 cm³/mol. The molecule has 0 heterocycles. The van der Waals surface area contributed by atoms with Crippen molar-refractivity contribution in [1.29, 1.82) is 0 Å². The Hall–Kier alpha value is -1.92. The van der Waals surface area contributed by atoms with Crippen molar-refractivity contribution in [2.24, 2.45) is 0 Å². The van der Waals surface area contributed by atoms with E-state index in [1.807, 2.05) is 0 Å². The van der Waals surface area contributed by atoms with Crippen LogP contribution in [0.1, 0.15) is 11.1 Å². The van der Waals surface area contributed by atoms with Crippen molar-refractivity contribution < 1.29 is 32.5 Å². The monoisotopic (exact) mass is 264 g/mol. The van der Waals surface area contributed by atoms with E-state index in [2.05, 4.69) is 4.74 Å². The lowest BCUT2D eigenvalue weighted by atomic mass is 10.1. The van der Waals surface area contributed by atoms with Gasteiger partial charge in [-0.15, -0.1) is 0 Å². The summed E-state index contributed by atoms with van der Waals surface area (Å²) in [5, 5.41) is 8.60. The molecule has 0 radical (unpaired) electrons. The second-order valence-corrected chi connectivity index (χ2v) is 3.45. The minimum absolute atomic E-state index is 0.00697. The predicted octanol–water partition coefficient (Wildman–Crippen LogP) is 2.35. The average Bonchev–Trinajstić information content (AvgIpc) is 2.25. The molecule has 1 rings (SSSR count). The number of carboxylic acids is 1. The normalized spacial score (nSPS) is 11.2. The summed E-state index contributed by atoms with van der Waals surface area (Å²) < 4.78 is 47.8. The number of ether oxygens (including phenoxy) is 2. The molecule has 7 heteroatoms. The highest BCUT2D eigenvalue weighted by molar-refractivity contribution is 5.71. The fraction of sp³-hybridized carbons (Fsp3) is 0.364. The molecule has 0 aliphatic carbocycles. The summed E-state index contributed by atoms with van der Waals surface area (Å²) in [7, 11) is 2.27. The van der Waals surface area contributed by atoms with Gasteiger partial charge in [0.05, 0.1) is 20.6 Å². The van der Waals surface area contributed by atoms with E-state index in [9.17, 15) is 18.0 Å². The smallest absolute Gasteiger partial charge is 0.420 e. The van der Waals surface area contributed by atoms with E-state index in [1.54, 1.807) is 0 Å². The minimum atomic E-state index is -4.65. The third kappa shape index (κ3) is 3.06. The Balaban J connectivity index is 3.40. The van der Waals surface area contributed by atoms with E-state index in [-0.39, 0.29) is 11.3 Å². The summed E-state index contributed by atoms with van der Waals surface area (Å²) in [4.78, 5) is 10.5. The summed E-state index contributed by atoms with van der Waals surface area (Å²) in [6, 6.07) is 1.96. The number of halogens is 3. The number of hydrogen-bond acceptors (Lipinski definition) is 3. The molecule has 1 aromatic rings. The van der Waals surface area contributed by atoms with Crippen LogP contribution in [0.25, 0.3) is 0 Å². The standard InChI is InChI=1S/C11H11F3O4/c1-17-8-4-6(5-9(15)16)3-7(10(8)18-2)11(12,13)14/h3-4H,5H2,1-2H3,(H,15,16). The van der Waals surface area contributed by atoms with Gasteiger partial charge in [0.2, 0.25) is 0 Å². The number of carbonyl (C=O) groups is 1. The number of rotatable bonds is 4. The van der Waals surface area contributed by atoms with Gasteiger partial charge in [-0.05, 0) is 17.7 Å². The topological polar surface area (TPSA) is 55.8 Å². The Morgan fingerprint density at radius 2 is 1.89 bits per heavy atom. The molecule has 100 valence electrons. The Kier molecular flexibility index (Phi) is 4.05. The summed E-state index contributed by atoms with van der Waals surface area (Å²) in [5.41, 5.74) is -1.06. The van der Waals surface area contributed by atoms with Crippen LogP contribution in [-0.2, 0) is 17.4 Å². The molecule has 0 amide bonds. The van der Waals surface area contributed by atoms with Gasteiger partial charge in [0.1, 0.15) is 5.56 Å². The van der Waals surface area contributed by atoms with E-state index in [0.717, 1.165) is 13.2 Å². The van der Waals surface area contributed by atoms with Gasteiger partial charge in [-0.1, -0.05) is 0 Å². The zero-order chi connectivity index (χ0) is 13.9. The maximum Gasteiger partial charge on any atom is 0.420 e. The summed E-state index contributed by atoms with van der Waals surface area (Å²) in [6.07, 6.45) is -5.17. The second kappa shape index (κ2) is 5.16. The first-order chi connectivity index (χ1) is 8.29. The average molecular weight is 264 g/mol. The van der Waals surface area contributed by atoms with E-state index in [1.165, 1.54) is 13.2 Å². The lowest BCUT2D eigenvalue weighted by Gasteiger charge is -2.16. The van der Waals surface area contributed by atoms with E-state index < -0.39 is 29.9 Å². The molecule has 0 saturated carbocycles. The Labute approximate surface area is 101 Å². The van der Waals surface area contributed by atoms with Crippen LogP contribution in [0.5, 0.6) is 11.5 Å². The molecule has 0 aliphatic rings. The van der Waals surface area contributed by atoms with Gasteiger partial charge >= 0.3 is 12.1 Å². The van der Waals surface area contributed by atoms with E-state index >= 15 is 0 Å². The molecule has 0 fully saturated rings. The van der Waals surface area contributed by atoms with Crippen LogP contribution < -0.4 is 9.47 Å². The molecule has 4 nitrogen and oxygen atoms in total. The van der Waals surface area contributed by atoms with Crippen molar-refractivity contribution in [1.82, 2.24) is 0 Å². The Morgan fingerprint density at radius 3 is 2.28 bits per heavy atom. The lowest BCUT2D eigenvalue weighted by molar-refractivity contribution is -0.139.